The number of halogens is 4. The van der Waals surface area contributed by atoms with Gasteiger partial charge >= 0.3 is 0 Å². The van der Waals surface area contributed by atoms with Crippen LogP contribution in [0.25, 0.3) is 0 Å². The van der Waals surface area contributed by atoms with Crippen LogP contribution in [-0.2, 0) is 12.8 Å². The van der Waals surface area contributed by atoms with E-state index in [9.17, 15) is 4.39 Å². The molecular formula is C16H14Br2ClF. The van der Waals surface area contributed by atoms with E-state index in [2.05, 4.69) is 37.9 Å². The maximum Gasteiger partial charge on any atom is 0.144 e. The van der Waals surface area contributed by atoms with E-state index in [1.807, 2.05) is 18.2 Å². The third-order valence-electron chi connectivity index (χ3n) is 3.22. The van der Waals surface area contributed by atoms with Crippen molar-refractivity contribution in [3.8, 4) is 0 Å². The van der Waals surface area contributed by atoms with Gasteiger partial charge in [0.25, 0.3) is 0 Å². The Morgan fingerprint density at radius 3 is 2.35 bits per heavy atom. The van der Waals surface area contributed by atoms with Gasteiger partial charge in [-0.15, -0.1) is 0 Å². The minimum Gasteiger partial charge on any atom is -0.205 e. The van der Waals surface area contributed by atoms with Crippen molar-refractivity contribution in [2.24, 2.45) is 5.92 Å². The molecule has 1 atom stereocenters. The molecule has 0 aliphatic heterocycles. The van der Waals surface area contributed by atoms with Crippen molar-refractivity contribution in [3.63, 3.8) is 0 Å². The first-order valence-corrected chi connectivity index (χ1v) is 8.63. The maximum atomic E-state index is 14.0. The molecule has 0 radical (unpaired) electrons. The maximum absolute atomic E-state index is 14.0. The topological polar surface area (TPSA) is 0 Å². The van der Waals surface area contributed by atoms with Gasteiger partial charge in [0.15, 0.2) is 0 Å². The summed E-state index contributed by atoms with van der Waals surface area (Å²) >= 11 is 12.9. The third-order valence-corrected chi connectivity index (χ3v) is 5.21. The zero-order valence-electron chi connectivity index (χ0n) is 10.8. The van der Waals surface area contributed by atoms with E-state index in [0.29, 0.717) is 17.9 Å². The van der Waals surface area contributed by atoms with Crippen LogP contribution >= 0.6 is 43.5 Å². The molecule has 0 amide bonds. The Labute approximate surface area is 140 Å². The normalized spacial score (nSPS) is 12.4. The second-order valence-corrected chi connectivity index (χ2v) is 6.64. The van der Waals surface area contributed by atoms with Crippen LogP contribution in [0.4, 0.5) is 4.39 Å². The molecule has 0 saturated heterocycles. The highest BCUT2D eigenvalue weighted by Gasteiger charge is 2.15. The van der Waals surface area contributed by atoms with Gasteiger partial charge in [-0.2, -0.15) is 0 Å². The zero-order chi connectivity index (χ0) is 14.5. The van der Waals surface area contributed by atoms with E-state index in [1.165, 1.54) is 5.56 Å². The van der Waals surface area contributed by atoms with Crippen molar-refractivity contribution in [3.05, 3.63) is 68.9 Å². The Morgan fingerprint density at radius 1 is 1.00 bits per heavy atom. The molecule has 0 nitrogen and oxygen atoms in total. The summed E-state index contributed by atoms with van der Waals surface area (Å²) in [6.45, 7) is 0. The summed E-state index contributed by atoms with van der Waals surface area (Å²) in [4.78, 5) is 0. The van der Waals surface area contributed by atoms with E-state index in [0.717, 1.165) is 16.2 Å². The van der Waals surface area contributed by atoms with E-state index < -0.39 is 0 Å². The van der Waals surface area contributed by atoms with Crippen molar-refractivity contribution in [2.75, 3.05) is 5.33 Å². The zero-order valence-corrected chi connectivity index (χ0v) is 14.7. The molecule has 2 aromatic carbocycles. The molecule has 2 rings (SSSR count). The Balaban J connectivity index is 2.14. The molecule has 0 aliphatic rings. The number of benzene rings is 2. The summed E-state index contributed by atoms with van der Waals surface area (Å²) in [5.41, 5.74) is 1.91. The van der Waals surface area contributed by atoms with Gasteiger partial charge in [0, 0.05) is 9.80 Å². The first-order chi connectivity index (χ1) is 9.61. The van der Waals surface area contributed by atoms with Crippen LogP contribution in [0.15, 0.2) is 46.9 Å². The lowest BCUT2D eigenvalue weighted by Crippen LogP contribution is -2.11. The lowest BCUT2D eigenvalue weighted by atomic mass is 9.94. The van der Waals surface area contributed by atoms with Crippen LogP contribution in [0.5, 0.6) is 0 Å². The van der Waals surface area contributed by atoms with Crippen LogP contribution in [0.2, 0.25) is 5.02 Å². The van der Waals surface area contributed by atoms with Gasteiger partial charge in [0.05, 0.1) is 5.02 Å². The van der Waals surface area contributed by atoms with Gasteiger partial charge in [0.2, 0.25) is 0 Å². The van der Waals surface area contributed by atoms with E-state index in [4.69, 9.17) is 11.6 Å². The average molecular weight is 421 g/mol. The van der Waals surface area contributed by atoms with Crippen LogP contribution < -0.4 is 0 Å². The summed E-state index contributed by atoms with van der Waals surface area (Å²) in [5.74, 6) is 0.0221. The average Bonchev–Trinajstić information content (AvgIpc) is 2.45. The predicted octanol–water partition coefficient (Wildman–Crippen LogP) is 6.04. The molecule has 0 saturated carbocycles. The molecule has 0 fully saturated rings. The summed E-state index contributed by atoms with van der Waals surface area (Å²) in [7, 11) is 0. The monoisotopic (exact) mass is 418 g/mol. The van der Waals surface area contributed by atoms with Crippen molar-refractivity contribution in [1.82, 2.24) is 0 Å². The summed E-state index contributed by atoms with van der Waals surface area (Å²) in [6, 6.07) is 13.3. The van der Waals surface area contributed by atoms with E-state index >= 15 is 0 Å². The molecule has 2 aromatic rings. The molecule has 1 unspecified atom stereocenters. The summed E-state index contributed by atoms with van der Waals surface area (Å²) < 4.78 is 15.1. The molecule has 0 bridgehead atoms. The smallest absolute Gasteiger partial charge is 0.144 e. The van der Waals surface area contributed by atoms with Gasteiger partial charge in [-0.3, -0.25) is 0 Å². The van der Waals surface area contributed by atoms with Crippen LogP contribution in [0.3, 0.4) is 0 Å². The highest BCUT2D eigenvalue weighted by molar-refractivity contribution is 9.10. The van der Waals surface area contributed by atoms with Crippen LogP contribution in [0.1, 0.15) is 11.1 Å². The molecule has 20 heavy (non-hydrogen) atoms. The van der Waals surface area contributed by atoms with Crippen molar-refractivity contribution in [2.45, 2.75) is 12.8 Å². The lowest BCUT2D eigenvalue weighted by Gasteiger charge is -2.16. The fraction of sp³-hybridized carbons (Fsp3) is 0.250. The first kappa shape index (κ1) is 16.0. The largest absolute Gasteiger partial charge is 0.205 e. The summed E-state index contributed by atoms with van der Waals surface area (Å²) in [5, 5.41) is 1.01. The van der Waals surface area contributed by atoms with Crippen LogP contribution in [0, 0.1) is 11.7 Å². The molecule has 0 N–H and O–H groups in total. The third kappa shape index (κ3) is 4.06. The molecule has 0 spiro atoms. The Hall–Kier alpha value is -0.380. The lowest BCUT2D eigenvalue weighted by molar-refractivity contribution is 0.550. The predicted molar refractivity (Wildman–Crippen MR) is 90.2 cm³/mol. The second kappa shape index (κ2) is 7.58. The van der Waals surface area contributed by atoms with Crippen molar-refractivity contribution < 1.29 is 4.39 Å². The Bertz CT molecular complexity index is 586. The second-order valence-electron chi connectivity index (χ2n) is 4.73. The fourth-order valence-electron chi connectivity index (χ4n) is 2.17. The summed E-state index contributed by atoms with van der Waals surface area (Å²) in [6.07, 6.45) is 1.55. The highest BCUT2D eigenvalue weighted by atomic mass is 79.9. The number of rotatable bonds is 5. The standard InChI is InChI=1S/C16H14Br2ClF/c17-10-11(8-12-4-1-2-6-14(12)18)9-13-5-3-7-15(19)16(13)20/h1-7,11H,8-10H2. The van der Waals surface area contributed by atoms with Gasteiger partial charge in [-0.25, -0.2) is 4.39 Å². The molecule has 0 heterocycles. The number of alkyl halides is 1. The van der Waals surface area contributed by atoms with Crippen molar-refractivity contribution in [1.29, 1.82) is 0 Å². The van der Waals surface area contributed by atoms with E-state index in [-0.39, 0.29) is 10.8 Å². The van der Waals surface area contributed by atoms with Gasteiger partial charge < -0.3 is 0 Å². The number of hydrogen-bond acceptors (Lipinski definition) is 0. The van der Waals surface area contributed by atoms with E-state index in [1.54, 1.807) is 18.2 Å². The van der Waals surface area contributed by atoms with Gasteiger partial charge in [0.1, 0.15) is 5.82 Å². The van der Waals surface area contributed by atoms with Gasteiger partial charge in [-0.1, -0.05) is 73.8 Å². The Morgan fingerprint density at radius 2 is 1.65 bits per heavy atom. The molecule has 4 heteroatoms. The van der Waals surface area contributed by atoms with Crippen molar-refractivity contribution >= 4 is 43.5 Å². The fourth-order valence-corrected chi connectivity index (χ4v) is 3.27. The quantitative estimate of drug-likeness (QED) is 0.518. The SMILES string of the molecule is Fc1c(Cl)cccc1CC(CBr)Cc1ccccc1Br. The number of hydrogen-bond donors (Lipinski definition) is 0. The Kier molecular flexibility index (Phi) is 6.06. The molecule has 106 valence electrons. The van der Waals surface area contributed by atoms with Gasteiger partial charge in [-0.05, 0) is 42.0 Å². The highest BCUT2D eigenvalue weighted by Crippen LogP contribution is 2.25. The van der Waals surface area contributed by atoms with Crippen LogP contribution in [-0.4, -0.2) is 5.33 Å². The molecule has 0 aliphatic carbocycles. The minimum absolute atomic E-state index is 0.191. The molecular weight excluding hydrogens is 406 g/mol. The molecule has 0 aromatic heterocycles. The minimum atomic E-state index is -0.299. The first-order valence-electron chi connectivity index (χ1n) is 6.34.